The average Bonchev–Trinajstić information content (AvgIpc) is 1.31. The molecule has 0 amide bonds. The van der Waals surface area contributed by atoms with Crippen LogP contribution in [0, 0.1) is 0 Å². The molecular weight excluding hydrogens is 1750 g/mol. The second-order valence-corrected chi connectivity index (χ2v) is 33.3. The highest BCUT2D eigenvalue weighted by atomic mass is 16.5. The van der Waals surface area contributed by atoms with Gasteiger partial charge in [-0.1, -0.05) is 31.3 Å². The van der Waals surface area contributed by atoms with Crippen LogP contribution in [0.1, 0.15) is 184 Å². The van der Waals surface area contributed by atoms with E-state index in [1.54, 1.807) is 102 Å². The van der Waals surface area contributed by atoms with Crippen molar-refractivity contribution >= 4 is 0 Å². The van der Waals surface area contributed by atoms with Crippen LogP contribution in [0.25, 0.3) is 33.4 Å². The van der Waals surface area contributed by atoms with Gasteiger partial charge in [-0.15, -0.1) is 30.6 Å². The van der Waals surface area contributed by atoms with Gasteiger partial charge in [-0.25, -0.2) is 0 Å². The fourth-order valence-electron chi connectivity index (χ4n) is 15.2. The molecule has 0 aliphatic rings. The Balaban J connectivity index is 0.728. The minimum atomic E-state index is -0.100. The largest absolute Gasteiger partial charge is 0.487 e. The fraction of sp³-hybridized carbons (Fsp3) is 0.353. The number of hydrogen-bond donors (Lipinski definition) is 0. The quantitative estimate of drug-likeness (QED) is 0.0319. The van der Waals surface area contributed by atoms with Gasteiger partial charge in [-0.3, -0.25) is 58.0 Å². The molecule has 12 aromatic heterocycles. The average molecular weight is 1870 g/mol. The van der Waals surface area contributed by atoms with Gasteiger partial charge in [0.1, 0.15) is 108 Å². The number of benzene rings is 4. The summed E-state index contributed by atoms with van der Waals surface area (Å²) in [5, 5.41) is 54.3. The Morgan fingerprint density at radius 1 is 0.203 bits per heavy atom. The van der Waals surface area contributed by atoms with Crippen LogP contribution in [0.2, 0.25) is 0 Å². The monoisotopic (exact) mass is 1870 g/mol. The Morgan fingerprint density at radius 2 is 0.355 bits per heavy atom. The first-order valence-corrected chi connectivity index (χ1v) is 46.6. The summed E-state index contributed by atoms with van der Waals surface area (Å²) in [7, 11) is 0. The Morgan fingerprint density at radius 3 is 0.514 bits per heavy atom. The van der Waals surface area contributed by atoms with Crippen molar-refractivity contribution in [3.05, 3.63) is 325 Å². The van der Waals surface area contributed by atoms with E-state index in [0.717, 1.165) is 66.8 Å². The second kappa shape index (κ2) is 50.1. The van der Waals surface area contributed by atoms with Crippen molar-refractivity contribution in [3.63, 3.8) is 0 Å². The molecule has 0 aliphatic heterocycles. The molecule has 0 N–H and O–H groups in total. The molecule has 36 heteroatoms. The van der Waals surface area contributed by atoms with Gasteiger partial charge in [0.05, 0.1) is 73.8 Å². The normalized spacial score (nSPS) is 12.8. The van der Waals surface area contributed by atoms with E-state index in [0.29, 0.717) is 186 Å². The highest BCUT2D eigenvalue weighted by Crippen LogP contribution is 2.41. The zero-order valence-corrected chi connectivity index (χ0v) is 78.3. The van der Waals surface area contributed by atoms with Gasteiger partial charge in [0, 0.05) is 171 Å². The van der Waals surface area contributed by atoms with Gasteiger partial charge in [0.15, 0.2) is 0 Å². The maximum Gasteiger partial charge on any atom is 0.134 e. The predicted molar refractivity (Wildman–Crippen MR) is 508 cm³/mol. The topological polar surface area (TPSA) is 372 Å². The van der Waals surface area contributed by atoms with Crippen molar-refractivity contribution in [1.82, 2.24) is 120 Å². The summed E-state index contributed by atoms with van der Waals surface area (Å²) in [5.41, 5.74) is 14.4. The molecule has 138 heavy (non-hydrogen) atoms. The van der Waals surface area contributed by atoms with Crippen molar-refractivity contribution in [2.45, 2.75) is 196 Å². The third kappa shape index (κ3) is 29.6. The Kier molecular flexibility index (Phi) is 35.0. The molecule has 6 atom stereocenters. The molecular formula is C102H114N24O12. The maximum atomic E-state index is 6.80. The van der Waals surface area contributed by atoms with E-state index >= 15 is 0 Å². The van der Waals surface area contributed by atoms with Crippen LogP contribution in [0.3, 0.4) is 0 Å². The van der Waals surface area contributed by atoms with Crippen LogP contribution < -0.4 is 28.4 Å². The van der Waals surface area contributed by atoms with E-state index in [-0.39, 0.29) is 76.3 Å². The number of aromatic nitrogens is 24. The fourth-order valence-corrected chi connectivity index (χ4v) is 15.2. The van der Waals surface area contributed by atoms with E-state index in [1.165, 1.54) is 0 Å². The highest BCUT2D eigenvalue weighted by Gasteiger charge is 2.21. The molecule has 0 radical (unpaired) electrons. The van der Waals surface area contributed by atoms with Gasteiger partial charge in [-0.2, -0.15) is 0 Å². The lowest BCUT2D eigenvalue weighted by molar-refractivity contribution is 0.0612. The molecule has 16 aromatic rings. The van der Waals surface area contributed by atoms with E-state index in [1.807, 2.05) is 206 Å². The molecule has 0 unspecified atom stereocenters. The molecule has 0 spiro atoms. The molecule has 36 nitrogen and oxygen atoms in total. The van der Waals surface area contributed by atoms with E-state index in [2.05, 4.69) is 110 Å². The number of rotatable bonds is 57. The van der Waals surface area contributed by atoms with Crippen LogP contribution in [-0.2, 0) is 107 Å². The molecule has 0 aliphatic carbocycles. The minimum Gasteiger partial charge on any atom is -0.487 e. The smallest absolute Gasteiger partial charge is 0.134 e. The summed E-state index contributed by atoms with van der Waals surface area (Å²) in [6.07, 6.45) is 36.2. The molecule has 0 saturated heterocycles. The summed E-state index contributed by atoms with van der Waals surface area (Å²) in [6.45, 7) is 19.1. The molecule has 12 heterocycles. The first kappa shape index (κ1) is 96.3. The third-order valence-corrected chi connectivity index (χ3v) is 22.9. The second-order valence-electron chi connectivity index (χ2n) is 33.3. The SMILES string of the molecule is C[C@@H](OCCCn1cc(COc2cc(OCc3cn(CCCO[C@H](C)c4ccncc4)nn3)cc(-c3cc(-c4cc(OCc5cn(CCCO[C@H](C)c6ccncc6)nn5)cc(OCc5cn(CCCO[C@H](C)c6ccncc6)nn5)c4)cc(-c4cc(OCc5cn(CCCO[C@H](C)c6ccncc6)nn5)cc(OCc5cn(CCCO[C@H](C)c6ccncc6)nn5)c4)c3)c2)nn1)c1ccncc1. The lowest BCUT2D eigenvalue weighted by Gasteiger charge is -2.17. The molecule has 4 aromatic carbocycles. The number of hydrogen-bond acceptors (Lipinski definition) is 30. The summed E-state index contributed by atoms with van der Waals surface area (Å²) in [4.78, 5) is 25.0. The van der Waals surface area contributed by atoms with Crippen LogP contribution in [0.5, 0.6) is 34.5 Å². The standard InChI is InChI=1S/C102H114N24O12/c1-73(79-13-25-103-26-14-79)127-43-7-37-121-61-91(109-115-121)67-133-97-52-88(53-98(58-97)134-68-92-62-122(116-110-92)38-8-44-128-74(2)80-15-27-104-28-16-80)85-49-86(89-54-99(135-69-93-63-123(117-111-93)39-9-45-129-75(3)81-17-29-105-30-18-81)59-100(55-89)136-70-94-64-124(118-112-94)40-10-46-130-76(4)82-19-31-106-32-20-82)51-87(50-85)90-56-101(137-71-95-65-125(119-113-95)41-11-47-131-77(5)83-21-33-107-34-22-83)60-102(57-90)138-72-96-66-126(120-114-96)42-12-48-132-78(6)84-23-35-108-36-24-84/h13-36,49-66,73-78H,7-12,37-48,67-72H2,1-6H3/t73-,74-,75-,76-,77-,78-/m1/s1. The third-order valence-electron chi connectivity index (χ3n) is 22.9. The molecule has 714 valence electrons. The van der Waals surface area contributed by atoms with Crippen LogP contribution in [0.4, 0.5) is 0 Å². The number of aryl methyl sites for hydroxylation is 6. The Hall–Kier alpha value is -14.8. The van der Waals surface area contributed by atoms with E-state index in [4.69, 9.17) is 56.8 Å². The molecule has 16 rings (SSSR count). The lowest BCUT2D eigenvalue weighted by Crippen LogP contribution is -2.06. The van der Waals surface area contributed by atoms with Crippen molar-refractivity contribution in [1.29, 1.82) is 0 Å². The summed E-state index contributed by atoms with van der Waals surface area (Å²) >= 11 is 0. The van der Waals surface area contributed by atoms with Crippen LogP contribution >= 0.6 is 0 Å². The van der Waals surface area contributed by atoms with Gasteiger partial charge >= 0.3 is 0 Å². The van der Waals surface area contributed by atoms with E-state index < -0.39 is 0 Å². The summed E-state index contributed by atoms with van der Waals surface area (Å²) < 4.78 is 88.8. The lowest BCUT2D eigenvalue weighted by atomic mass is 9.92. The maximum absolute atomic E-state index is 6.80. The number of nitrogens with zero attached hydrogens (tertiary/aromatic N) is 24. The number of ether oxygens (including phenoxy) is 12. The van der Waals surface area contributed by atoms with Gasteiger partial charge in [-0.05, 0) is 274 Å². The van der Waals surface area contributed by atoms with Crippen molar-refractivity contribution < 1.29 is 56.8 Å². The number of pyridine rings is 6. The highest BCUT2D eigenvalue weighted by molar-refractivity contribution is 5.83. The van der Waals surface area contributed by atoms with Crippen LogP contribution in [-0.4, -0.2) is 160 Å². The summed E-state index contributed by atoms with van der Waals surface area (Å²) in [5.74, 6) is 2.88. The zero-order chi connectivity index (χ0) is 94.7. The first-order chi connectivity index (χ1) is 67.8. The Labute approximate surface area is 800 Å². The van der Waals surface area contributed by atoms with Crippen molar-refractivity contribution in [3.8, 4) is 67.9 Å². The zero-order valence-electron chi connectivity index (χ0n) is 78.3. The summed E-state index contributed by atoms with van der Waals surface area (Å²) in [6, 6.07) is 47.3. The van der Waals surface area contributed by atoms with Crippen LogP contribution in [0.15, 0.2) is 257 Å². The van der Waals surface area contributed by atoms with Crippen molar-refractivity contribution in [2.24, 2.45) is 0 Å². The predicted octanol–water partition coefficient (Wildman–Crippen LogP) is 17.1. The molecule has 0 saturated carbocycles. The van der Waals surface area contributed by atoms with Gasteiger partial charge in [0.2, 0.25) is 0 Å². The van der Waals surface area contributed by atoms with E-state index in [9.17, 15) is 0 Å². The first-order valence-electron chi connectivity index (χ1n) is 46.6. The van der Waals surface area contributed by atoms with Gasteiger partial charge in [0.25, 0.3) is 0 Å². The minimum absolute atomic E-state index is 0.0705. The molecule has 0 bridgehead atoms. The van der Waals surface area contributed by atoms with Crippen molar-refractivity contribution in [2.75, 3.05) is 39.6 Å². The van der Waals surface area contributed by atoms with Gasteiger partial charge < -0.3 is 56.8 Å². The Bertz CT molecular complexity index is 5380. The molecule has 0 fully saturated rings.